The van der Waals surface area contributed by atoms with Gasteiger partial charge in [-0.2, -0.15) is 5.26 Å². The number of nitrogens with zero attached hydrogens (tertiary/aromatic N) is 2. The van der Waals surface area contributed by atoms with Crippen LogP contribution in [0.5, 0.6) is 0 Å². The van der Waals surface area contributed by atoms with Crippen molar-refractivity contribution in [3.63, 3.8) is 0 Å². The van der Waals surface area contributed by atoms with Crippen LogP contribution in [0.3, 0.4) is 0 Å². The van der Waals surface area contributed by atoms with Gasteiger partial charge in [0.25, 0.3) is 5.91 Å². The molecule has 1 saturated heterocycles. The van der Waals surface area contributed by atoms with E-state index < -0.39 is 15.7 Å². The molecule has 0 spiro atoms. The van der Waals surface area contributed by atoms with E-state index in [9.17, 15) is 18.5 Å². The minimum atomic E-state index is -3.01. The van der Waals surface area contributed by atoms with Crippen molar-refractivity contribution in [1.82, 2.24) is 10.2 Å². The van der Waals surface area contributed by atoms with Crippen molar-refractivity contribution in [1.29, 1.82) is 5.26 Å². The molecule has 0 aromatic heterocycles. The number of hydrogen-bond donors (Lipinski definition) is 1. The van der Waals surface area contributed by atoms with Gasteiger partial charge in [-0.05, 0) is 18.9 Å². The average Bonchev–Trinajstić information content (AvgIpc) is 2.93. The van der Waals surface area contributed by atoms with Crippen LogP contribution in [0.25, 0.3) is 0 Å². The zero-order valence-corrected chi connectivity index (χ0v) is 14.6. The van der Waals surface area contributed by atoms with Crippen molar-refractivity contribution >= 4 is 15.7 Å². The predicted molar refractivity (Wildman–Crippen MR) is 91.5 cm³/mol. The normalized spacial score (nSPS) is 20.9. The van der Waals surface area contributed by atoms with Gasteiger partial charge in [0, 0.05) is 19.3 Å². The Labute approximate surface area is 142 Å². The van der Waals surface area contributed by atoms with Crippen LogP contribution in [0.15, 0.2) is 42.1 Å². The summed E-state index contributed by atoms with van der Waals surface area (Å²) in [5, 5.41) is 12.0. The molecule has 1 aliphatic heterocycles. The molecule has 7 heteroatoms. The van der Waals surface area contributed by atoms with Gasteiger partial charge < -0.3 is 10.2 Å². The lowest BCUT2D eigenvalue weighted by molar-refractivity contribution is -0.117. The fraction of sp³-hybridized carbons (Fsp3) is 0.412. The van der Waals surface area contributed by atoms with E-state index >= 15 is 0 Å². The van der Waals surface area contributed by atoms with Gasteiger partial charge in [0.1, 0.15) is 11.6 Å². The molecule has 1 fully saturated rings. The summed E-state index contributed by atoms with van der Waals surface area (Å²) in [7, 11) is -1.32. The van der Waals surface area contributed by atoms with Crippen LogP contribution in [0, 0.1) is 11.3 Å². The molecule has 1 aromatic carbocycles. The van der Waals surface area contributed by atoms with Crippen molar-refractivity contribution < 1.29 is 13.2 Å². The molecule has 0 bridgehead atoms. The Balaban J connectivity index is 2.04. The van der Waals surface area contributed by atoms with Crippen LogP contribution in [-0.4, -0.2) is 43.8 Å². The first-order valence-electron chi connectivity index (χ1n) is 7.72. The van der Waals surface area contributed by atoms with Gasteiger partial charge in [0.2, 0.25) is 0 Å². The summed E-state index contributed by atoms with van der Waals surface area (Å²) in [4.78, 5) is 13.9. The zero-order chi connectivity index (χ0) is 17.7. The SMILES string of the molecule is CC(NC(=O)/C(C#N)=C\N(C)C1CCS(=O)(=O)C1)c1ccccc1. The molecule has 0 saturated carbocycles. The molecule has 24 heavy (non-hydrogen) atoms. The number of benzene rings is 1. The molecule has 6 nitrogen and oxygen atoms in total. The third kappa shape index (κ3) is 4.59. The minimum absolute atomic E-state index is 0.0374. The van der Waals surface area contributed by atoms with Gasteiger partial charge in [-0.25, -0.2) is 8.42 Å². The van der Waals surface area contributed by atoms with Crippen LogP contribution in [0.2, 0.25) is 0 Å². The topological polar surface area (TPSA) is 90.3 Å². The monoisotopic (exact) mass is 347 g/mol. The van der Waals surface area contributed by atoms with Gasteiger partial charge in [-0.1, -0.05) is 30.3 Å². The fourth-order valence-electron chi connectivity index (χ4n) is 2.64. The zero-order valence-electron chi connectivity index (χ0n) is 13.8. The smallest absolute Gasteiger partial charge is 0.263 e. The molecular formula is C17H21N3O3S. The first-order valence-corrected chi connectivity index (χ1v) is 9.54. The molecule has 2 rings (SSSR count). The van der Waals surface area contributed by atoms with Gasteiger partial charge in [0.15, 0.2) is 9.84 Å². The van der Waals surface area contributed by atoms with Gasteiger partial charge in [-0.15, -0.1) is 0 Å². The molecule has 128 valence electrons. The van der Waals surface area contributed by atoms with Crippen LogP contribution >= 0.6 is 0 Å². The summed E-state index contributed by atoms with van der Waals surface area (Å²) >= 11 is 0. The second kappa shape index (κ2) is 7.49. The van der Waals surface area contributed by atoms with E-state index in [0.29, 0.717) is 6.42 Å². The Morgan fingerprint density at radius 2 is 2.08 bits per heavy atom. The number of amides is 1. The standard InChI is InChI=1S/C17H21N3O3S/c1-13(14-6-4-3-5-7-14)19-17(21)15(10-18)11-20(2)16-8-9-24(22,23)12-16/h3-7,11,13,16H,8-9,12H2,1-2H3,(H,19,21)/b15-11-. The molecule has 2 unspecified atom stereocenters. The van der Waals surface area contributed by atoms with Gasteiger partial charge in [-0.3, -0.25) is 4.79 Å². The molecule has 0 radical (unpaired) electrons. The van der Waals surface area contributed by atoms with Crippen molar-refractivity contribution in [2.24, 2.45) is 0 Å². The Morgan fingerprint density at radius 1 is 1.42 bits per heavy atom. The van der Waals surface area contributed by atoms with E-state index in [1.165, 1.54) is 6.20 Å². The van der Waals surface area contributed by atoms with Gasteiger partial charge >= 0.3 is 0 Å². The Hall–Kier alpha value is -2.33. The average molecular weight is 347 g/mol. The van der Waals surface area contributed by atoms with E-state index in [2.05, 4.69) is 5.32 Å². The minimum Gasteiger partial charge on any atom is -0.375 e. The highest BCUT2D eigenvalue weighted by Crippen LogP contribution is 2.18. The third-order valence-electron chi connectivity index (χ3n) is 4.13. The highest BCUT2D eigenvalue weighted by Gasteiger charge is 2.30. The highest BCUT2D eigenvalue weighted by molar-refractivity contribution is 7.91. The fourth-order valence-corrected chi connectivity index (χ4v) is 4.43. The first-order chi connectivity index (χ1) is 11.3. The van der Waals surface area contributed by atoms with Crippen LogP contribution < -0.4 is 5.32 Å². The van der Waals surface area contributed by atoms with Crippen molar-refractivity contribution in [3.8, 4) is 6.07 Å². The van der Waals surface area contributed by atoms with E-state index in [-0.39, 0.29) is 29.2 Å². The number of nitriles is 1. The van der Waals surface area contributed by atoms with Crippen molar-refractivity contribution in [2.45, 2.75) is 25.4 Å². The molecule has 1 heterocycles. The van der Waals surface area contributed by atoms with E-state index in [0.717, 1.165) is 5.56 Å². The summed E-state index contributed by atoms with van der Waals surface area (Å²) in [5.74, 6) is -0.267. The number of carbonyl (C=O) groups is 1. The van der Waals surface area contributed by atoms with E-state index in [1.807, 2.05) is 43.3 Å². The molecule has 1 aliphatic rings. The van der Waals surface area contributed by atoms with Gasteiger partial charge in [0.05, 0.1) is 17.5 Å². The second-order valence-electron chi connectivity index (χ2n) is 5.98. The maximum atomic E-state index is 12.3. The highest BCUT2D eigenvalue weighted by atomic mass is 32.2. The maximum absolute atomic E-state index is 12.3. The Bertz CT molecular complexity index is 766. The summed E-state index contributed by atoms with van der Waals surface area (Å²) in [5.41, 5.74) is 0.906. The summed E-state index contributed by atoms with van der Waals surface area (Å²) in [6, 6.07) is 10.9. The molecular weight excluding hydrogens is 326 g/mol. The molecule has 0 aliphatic carbocycles. The summed E-state index contributed by atoms with van der Waals surface area (Å²) in [6.07, 6.45) is 1.94. The van der Waals surface area contributed by atoms with E-state index in [4.69, 9.17) is 0 Å². The number of rotatable bonds is 5. The largest absolute Gasteiger partial charge is 0.375 e. The Kier molecular flexibility index (Phi) is 5.62. The lowest BCUT2D eigenvalue weighted by Gasteiger charge is -2.22. The molecule has 1 N–H and O–H groups in total. The number of nitrogens with one attached hydrogen (secondary N) is 1. The van der Waals surface area contributed by atoms with Crippen LogP contribution in [0.1, 0.15) is 24.9 Å². The summed E-state index contributed by atoms with van der Waals surface area (Å²) < 4.78 is 23.1. The number of hydrogen-bond acceptors (Lipinski definition) is 5. The molecule has 2 atom stereocenters. The van der Waals surface area contributed by atoms with Crippen LogP contribution in [0.4, 0.5) is 0 Å². The predicted octanol–water partition coefficient (Wildman–Crippen LogP) is 1.39. The van der Waals surface area contributed by atoms with Crippen molar-refractivity contribution in [3.05, 3.63) is 47.7 Å². The lowest BCUT2D eigenvalue weighted by Crippen LogP contribution is -2.32. The maximum Gasteiger partial charge on any atom is 0.263 e. The molecule has 1 amide bonds. The quantitative estimate of drug-likeness (QED) is 0.642. The number of carbonyl (C=O) groups excluding carboxylic acids is 1. The number of sulfone groups is 1. The van der Waals surface area contributed by atoms with Crippen molar-refractivity contribution in [2.75, 3.05) is 18.6 Å². The van der Waals surface area contributed by atoms with E-state index in [1.54, 1.807) is 11.9 Å². The van der Waals surface area contributed by atoms with Crippen LogP contribution in [-0.2, 0) is 14.6 Å². The summed E-state index contributed by atoms with van der Waals surface area (Å²) in [6.45, 7) is 1.84. The third-order valence-corrected chi connectivity index (χ3v) is 5.88. The Morgan fingerprint density at radius 3 is 2.62 bits per heavy atom. The lowest BCUT2D eigenvalue weighted by atomic mass is 10.1. The first kappa shape index (κ1) is 18.0. The molecule has 1 aromatic rings. The second-order valence-corrected chi connectivity index (χ2v) is 8.21.